The number of anilines is 2. The van der Waals surface area contributed by atoms with Crippen molar-refractivity contribution < 1.29 is 0 Å². The number of hydrogen-bond acceptors (Lipinski definition) is 1. The number of nitrogens with one attached hydrogen (secondary N) is 1. The van der Waals surface area contributed by atoms with E-state index in [4.69, 9.17) is 0 Å². The molecule has 5 aromatic rings. The Labute approximate surface area is 176 Å². The van der Waals surface area contributed by atoms with E-state index in [1.54, 1.807) is 0 Å². The Kier molecular flexibility index (Phi) is 3.95. The first kappa shape index (κ1) is 17.1. The quantitative estimate of drug-likeness (QED) is 0.340. The lowest BCUT2D eigenvalue weighted by Crippen LogP contribution is -2.02. The van der Waals surface area contributed by atoms with Gasteiger partial charge in [0.15, 0.2) is 0 Å². The number of aromatic nitrogens is 1. The maximum atomic E-state index is 3.54. The molecule has 0 bridgehead atoms. The Balaban J connectivity index is 1.59. The molecule has 2 heteroatoms. The van der Waals surface area contributed by atoms with Gasteiger partial charge in [-0.25, -0.2) is 0 Å². The second-order valence-corrected chi connectivity index (χ2v) is 7.87. The zero-order valence-electron chi connectivity index (χ0n) is 16.7. The molecule has 0 aliphatic heterocycles. The minimum absolute atomic E-state index is 1.10. The summed E-state index contributed by atoms with van der Waals surface area (Å²) in [5, 5.41) is 6.09. The minimum Gasteiger partial charge on any atom is -0.356 e. The van der Waals surface area contributed by atoms with Crippen molar-refractivity contribution in [1.82, 2.24) is 4.57 Å². The predicted octanol–water partition coefficient (Wildman–Crippen LogP) is 7.49. The van der Waals surface area contributed by atoms with Crippen molar-refractivity contribution in [2.24, 2.45) is 0 Å². The first-order valence-corrected chi connectivity index (χ1v) is 10.5. The monoisotopic (exact) mass is 386 g/mol. The number of rotatable bonds is 3. The van der Waals surface area contributed by atoms with E-state index in [1.165, 1.54) is 38.6 Å². The van der Waals surface area contributed by atoms with Gasteiger partial charge in [-0.15, -0.1) is 0 Å². The number of allylic oxidation sites excluding steroid dienone is 1. The minimum atomic E-state index is 1.10. The molecule has 144 valence electrons. The van der Waals surface area contributed by atoms with Gasteiger partial charge >= 0.3 is 0 Å². The van der Waals surface area contributed by atoms with Crippen LogP contribution in [0.4, 0.5) is 11.4 Å². The lowest BCUT2D eigenvalue weighted by atomic mass is 9.96. The van der Waals surface area contributed by atoms with Gasteiger partial charge in [-0.05, 0) is 60.9 Å². The van der Waals surface area contributed by atoms with E-state index >= 15 is 0 Å². The number of aryl methyl sites for hydroxylation is 1. The first-order valence-electron chi connectivity index (χ1n) is 10.5. The zero-order chi connectivity index (χ0) is 19.9. The van der Waals surface area contributed by atoms with Gasteiger partial charge < -0.3 is 9.88 Å². The molecule has 0 fully saturated rings. The highest BCUT2D eigenvalue weighted by Crippen LogP contribution is 2.36. The van der Waals surface area contributed by atoms with Crippen molar-refractivity contribution >= 4 is 39.3 Å². The van der Waals surface area contributed by atoms with E-state index in [1.807, 2.05) is 6.07 Å². The van der Waals surface area contributed by atoms with Crippen LogP contribution in [0.25, 0.3) is 33.6 Å². The highest BCUT2D eigenvalue weighted by molar-refractivity contribution is 6.10. The number of fused-ring (bicyclic) bond motifs is 4. The van der Waals surface area contributed by atoms with Crippen LogP contribution in [0.3, 0.4) is 0 Å². The average Bonchev–Trinajstić information content (AvgIpc) is 3.13. The van der Waals surface area contributed by atoms with E-state index in [-0.39, 0.29) is 0 Å². The Morgan fingerprint density at radius 1 is 0.667 bits per heavy atom. The maximum absolute atomic E-state index is 3.54. The molecule has 0 saturated carbocycles. The molecule has 1 heterocycles. The van der Waals surface area contributed by atoms with Gasteiger partial charge in [0.2, 0.25) is 0 Å². The smallest absolute Gasteiger partial charge is 0.0542 e. The number of hydrogen-bond donors (Lipinski definition) is 1. The second-order valence-electron chi connectivity index (χ2n) is 7.87. The summed E-state index contributed by atoms with van der Waals surface area (Å²) in [4.78, 5) is 0. The van der Waals surface area contributed by atoms with Crippen molar-refractivity contribution in [2.45, 2.75) is 12.8 Å². The van der Waals surface area contributed by atoms with Crippen LogP contribution >= 0.6 is 0 Å². The Hall–Kier alpha value is -3.78. The number of benzene rings is 4. The van der Waals surface area contributed by atoms with Crippen molar-refractivity contribution in [3.05, 3.63) is 108 Å². The maximum Gasteiger partial charge on any atom is 0.0542 e. The molecule has 0 radical (unpaired) electrons. The molecule has 0 amide bonds. The normalized spacial score (nSPS) is 12.9. The Morgan fingerprint density at radius 3 is 2.43 bits per heavy atom. The summed E-state index contributed by atoms with van der Waals surface area (Å²) in [7, 11) is 0. The topological polar surface area (TPSA) is 17.0 Å². The highest BCUT2D eigenvalue weighted by atomic mass is 15.0. The third-order valence-electron chi connectivity index (χ3n) is 6.01. The van der Waals surface area contributed by atoms with Crippen molar-refractivity contribution in [2.75, 3.05) is 5.32 Å². The number of para-hydroxylation sites is 2. The van der Waals surface area contributed by atoms with Crippen LogP contribution in [-0.2, 0) is 6.42 Å². The lowest BCUT2D eigenvalue weighted by molar-refractivity contribution is 0.977. The van der Waals surface area contributed by atoms with Crippen LogP contribution in [0, 0.1) is 0 Å². The molecule has 1 aromatic heterocycles. The summed E-state index contributed by atoms with van der Waals surface area (Å²) in [5.41, 5.74) is 8.73. The van der Waals surface area contributed by atoms with E-state index < -0.39 is 0 Å². The summed E-state index contributed by atoms with van der Waals surface area (Å²) < 4.78 is 2.42. The molecule has 1 aliphatic rings. The van der Waals surface area contributed by atoms with Gasteiger partial charge in [0, 0.05) is 27.7 Å². The third-order valence-corrected chi connectivity index (χ3v) is 6.01. The predicted molar refractivity (Wildman–Crippen MR) is 128 cm³/mol. The van der Waals surface area contributed by atoms with Crippen molar-refractivity contribution in [1.29, 1.82) is 0 Å². The van der Waals surface area contributed by atoms with Gasteiger partial charge in [0.1, 0.15) is 0 Å². The molecule has 6 rings (SSSR count). The fraction of sp³-hybridized carbons (Fsp3) is 0.0714. The Morgan fingerprint density at radius 2 is 1.50 bits per heavy atom. The summed E-state index contributed by atoms with van der Waals surface area (Å²) >= 11 is 0. The lowest BCUT2D eigenvalue weighted by Gasteiger charge is -2.17. The van der Waals surface area contributed by atoms with Gasteiger partial charge in [0.05, 0.1) is 16.7 Å². The molecule has 0 unspecified atom stereocenters. The average molecular weight is 386 g/mol. The molecule has 0 atom stereocenters. The third kappa shape index (κ3) is 2.73. The van der Waals surface area contributed by atoms with Crippen molar-refractivity contribution in [3.63, 3.8) is 0 Å². The van der Waals surface area contributed by atoms with E-state index in [0.717, 1.165) is 24.2 Å². The van der Waals surface area contributed by atoms with E-state index in [0.29, 0.717) is 0 Å². The molecular weight excluding hydrogens is 364 g/mol. The van der Waals surface area contributed by atoms with Crippen LogP contribution in [0.2, 0.25) is 0 Å². The highest BCUT2D eigenvalue weighted by Gasteiger charge is 2.16. The van der Waals surface area contributed by atoms with Crippen LogP contribution in [0.15, 0.2) is 97.1 Å². The molecule has 1 aliphatic carbocycles. The van der Waals surface area contributed by atoms with Gasteiger partial charge in [-0.3, -0.25) is 0 Å². The molecular formula is C28H22N2. The molecule has 1 N–H and O–H groups in total. The number of nitrogens with zero attached hydrogens (tertiary/aromatic N) is 1. The van der Waals surface area contributed by atoms with E-state index in [2.05, 4.69) is 107 Å². The van der Waals surface area contributed by atoms with Gasteiger partial charge in [0.25, 0.3) is 0 Å². The largest absolute Gasteiger partial charge is 0.356 e. The molecule has 2 nitrogen and oxygen atoms in total. The van der Waals surface area contributed by atoms with Gasteiger partial charge in [-0.2, -0.15) is 0 Å². The summed E-state index contributed by atoms with van der Waals surface area (Å²) in [6.07, 6.45) is 6.82. The zero-order valence-corrected chi connectivity index (χ0v) is 16.7. The summed E-state index contributed by atoms with van der Waals surface area (Å²) in [6.45, 7) is 0. The van der Waals surface area contributed by atoms with E-state index in [9.17, 15) is 0 Å². The first-order chi connectivity index (χ1) is 14.9. The molecule has 0 saturated heterocycles. The van der Waals surface area contributed by atoms with Crippen molar-refractivity contribution in [3.8, 4) is 5.69 Å². The van der Waals surface area contributed by atoms with Gasteiger partial charge in [-0.1, -0.05) is 60.7 Å². The van der Waals surface area contributed by atoms with Crippen LogP contribution in [-0.4, -0.2) is 4.57 Å². The Bertz CT molecular complexity index is 1410. The molecule has 4 aromatic carbocycles. The van der Waals surface area contributed by atoms with Crippen LogP contribution in [0.5, 0.6) is 0 Å². The molecule has 30 heavy (non-hydrogen) atoms. The fourth-order valence-corrected chi connectivity index (χ4v) is 4.64. The summed E-state index contributed by atoms with van der Waals surface area (Å²) in [6, 6.07) is 32.4. The standard InChI is InChI=1S/C28H22N2/c1-2-11-21(12-3-1)29-22-17-18-28-25(19-22)24-14-6-7-15-27(24)30(28)26-16-8-10-20-9-4-5-13-23(20)26/h1-3,5-8,10-19,29H,4,9H2. The molecule has 0 spiro atoms. The van der Waals surface area contributed by atoms with Crippen LogP contribution < -0.4 is 5.32 Å². The SMILES string of the molecule is C1=Cc2c(cccc2-n2c3ccccc3c3cc(Nc4ccccc4)ccc32)CC1. The summed E-state index contributed by atoms with van der Waals surface area (Å²) in [5.74, 6) is 0. The fourth-order valence-electron chi connectivity index (χ4n) is 4.64. The van der Waals surface area contributed by atoms with Crippen LogP contribution in [0.1, 0.15) is 17.5 Å². The second kappa shape index (κ2) is 6.93.